The van der Waals surface area contributed by atoms with E-state index in [9.17, 15) is 4.79 Å². The first-order valence-electron chi connectivity index (χ1n) is 9.38. The Labute approximate surface area is 161 Å². The zero-order valence-corrected chi connectivity index (χ0v) is 16.4. The van der Waals surface area contributed by atoms with Crippen LogP contribution in [0.5, 0.6) is 5.75 Å². The van der Waals surface area contributed by atoms with Gasteiger partial charge in [0.1, 0.15) is 5.75 Å². The summed E-state index contributed by atoms with van der Waals surface area (Å²) in [5, 5.41) is 0. The number of nitrogens with zero attached hydrogens (tertiary/aromatic N) is 2. The zero-order chi connectivity index (χ0) is 19.2. The summed E-state index contributed by atoms with van der Waals surface area (Å²) < 4.78 is 11.1. The van der Waals surface area contributed by atoms with Gasteiger partial charge < -0.3 is 19.3 Å². The van der Waals surface area contributed by atoms with Gasteiger partial charge in [0.25, 0.3) is 5.91 Å². The Morgan fingerprint density at radius 1 is 1.11 bits per heavy atom. The number of carbonyl (C=O) groups excluding carboxylic acids is 1. The SMILES string of the molecule is Cc1ccc(OCC(=O)N(C)Cc2ccc(N3CCOCC3)cc2)c(C)c1. The molecule has 1 aliphatic heterocycles. The van der Waals surface area contributed by atoms with E-state index in [4.69, 9.17) is 9.47 Å². The minimum absolute atomic E-state index is 0.0350. The highest BCUT2D eigenvalue weighted by atomic mass is 16.5. The zero-order valence-electron chi connectivity index (χ0n) is 16.4. The molecule has 0 spiro atoms. The average molecular weight is 368 g/mol. The first kappa shape index (κ1) is 19.2. The van der Waals surface area contributed by atoms with Crippen molar-refractivity contribution in [1.82, 2.24) is 4.90 Å². The van der Waals surface area contributed by atoms with Crippen LogP contribution in [0.2, 0.25) is 0 Å². The molecule has 1 amide bonds. The molecule has 0 atom stereocenters. The molecular formula is C22H28N2O3. The summed E-state index contributed by atoms with van der Waals surface area (Å²) in [6, 6.07) is 14.4. The van der Waals surface area contributed by atoms with Gasteiger partial charge in [-0.1, -0.05) is 29.8 Å². The number of likely N-dealkylation sites (N-methyl/N-ethyl adjacent to an activating group) is 1. The molecule has 0 unspecified atom stereocenters. The third kappa shape index (κ3) is 5.23. The lowest BCUT2D eigenvalue weighted by atomic mass is 10.1. The Balaban J connectivity index is 1.51. The lowest BCUT2D eigenvalue weighted by Gasteiger charge is -2.29. The highest BCUT2D eigenvalue weighted by Gasteiger charge is 2.13. The molecule has 27 heavy (non-hydrogen) atoms. The lowest BCUT2D eigenvalue weighted by Crippen LogP contribution is -2.36. The summed E-state index contributed by atoms with van der Waals surface area (Å²) in [5.41, 5.74) is 4.54. The summed E-state index contributed by atoms with van der Waals surface area (Å²) in [4.78, 5) is 16.4. The first-order chi connectivity index (χ1) is 13.0. The molecule has 0 N–H and O–H groups in total. The second-order valence-corrected chi connectivity index (χ2v) is 7.07. The van der Waals surface area contributed by atoms with Crippen LogP contribution in [-0.2, 0) is 16.1 Å². The van der Waals surface area contributed by atoms with Crippen LogP contribution < -0.4 is 9.64 Å². The molecule has 2 aromatic rings. The summed E-state index contributed by atoms with van der Waals surface area (Å²) in [5.74, 6) is 0.726. The Kier molecular flexibility index (Phi) is 6.35. The van der Waals surface area contributed by atoms with E-state index in [1.165, 1.54) is 11.3 Å². The summed E-state index contributed by atoms with van der Waals surface area (Å²) in [7, 11) is 1.81. The molecular weight excluding hydrogens is 340 g/mol. The minimum atomic E-state index is -0.0350. The van der Waals surface area contributed by atoms with Gasteiger partial charge in [-0.15, -0.1) is 0 Å². The van der Waals surface area contributed by atoms with Gasteiger partial charge in [0.15, 0.2) is 6.61 Å². The molecule has 0 bridgehead atoms. The van der Waals surface area contributed by atoms with Crippen LogP contribution in [-0.4, -0.2) is 50.8 Å². The summed E-state index contributed by atoms with van der Waals surface area (Å²) in [6.07, 6.45) is 0. The molecule has 2 aromatic carbocycles. The number of hydrogen-bond acceptors (Lipinski definition) is 4. The molecule has 0 aliphatic carbocycles. The Morgan fingerprint density at radius 2 is 1.81 bits per heavy atom. The Morgan fingerprint density at radius 3 is 2.48 bits per heavy atom. The molecule has 0 aromatic heterocycles. The number of amides is 1. The van der Waals surface area contributed by atoms with Crippen LogP contribution in [0.25, 0.3) is 0 Å². The highest BCUT2D eigenvalue weighted by molar-refractivity contribution is 5.77. The van der Waals surface area contributed by atoms with Crippen molar-refractivity contribution in [2.24, 2.45) is 0 Å². The second-order valence-electron chi connectivity index (χ2n) is 7.07. The van der Waals surface area contributed by atoms with Gasteiger partial charge in [-0.05, 0) is 43.2 Å². The van der Waals surface area contributed by atoms with Crippen molar-refractivity contribution in [1.29, 1.82) is 0 Å². The van der Waals surface area contributed by atoms with Crippen molar-refractivity contribution >= 4 is 11.6 Å². The molecule has 0 saturated carbocycles. The van der Waals surface area contributed by atoms with Crippen LogP contribution in [0.15, 0.2) is 42.5 Å². The molecule has 1 aliphatic rings. The van der Waals surface area contributed by atoms with Crippen LogP contribution in [0.1, 0.15) is 16.7 Å². The monoisotopic (exact) mass is 368 g/mol. The van der Waals surface area contributed by atoms with Crippen molar-refractivity contribution in [2.45, 2.75) is 20.4 Å². The van der Waals surface area contributed by atoms with E-state index in [2.05, 4.69) is 35.2 Å². The number of carbonyl (C=O) groups is 1. The lowest BCUT2D eigenvalue weighted by molar-refractivity contribution is -0.132. The molecule has 5 heteroatoms. The van der Waals surface area contributed by atoms with Crippen LogP contribution in [0, 0.1) is 13.8 Å². The van der Waals surface area contributed by atoms with Crippen molar-refractivity contribution < 1.29 is 14.3 Å². The number of aryl methyl sites for hydroxylation is 2. The number of benzene rings is 2. The molecule has 144 valence electrons. The number of rotatable bonds is 6. The van der Waals surface area contributed by atoms with Crippen LogP contribution in [0.4, 0.5) is 5.69 Å². The second kappa shape index (κ2) is 8.91. The van der Waals surface area contributed by atoms with Crippen LogP contribution in [0.3, 0.4) is 0 Å². The van der Waals surface area contributed by atoms with E-state index in [-0.39, 0.29) is 12.5 Å². The van der Waals surface area contributed by atoms with Crippen molar-refractivity contribution in [2.75, 3.05) is 44.9 Å². The summed E-state index contributed by atoms with van der Waals surface area (Å²) >= 11 is 0. The van der Waals surface area contributed by atoms with E-state index in [0.29, 0.717) is 6.54 Å². The van der Waals surface area contributed by atoms with Gasteiger partial charge in [0.2, 0.25) is 0 Å². The number of anilines is 1. The van der Waals surface area contributed by atoms with Gasteiger partial charge in [-0.25, -0.2) is 0 Å². The Hall–Kier alpha value is -2.53. The topological polar surface area (TPSA) is 42.0 Å². The van der Waals surface area contributed by atoms with E-state index in [0.717, 1.165) is 43.2 Å². The van der Waals surface area contributed by atoms with Gasteiger partial charge in [0.05, 0.1) is 13.2 Å². The maximum Gasteiger partial charge on any atom is 0.260 e. The highest BCUT2D eigenvalue weighted by Crippen LogP contribution is 2.19. The van der Waals surface area contributed by atoms with E-state index >= 15 is 0 Å². The maximum atomic E-state index is 12.4. The summed E-state index contributed by atoms with van der Waals surface area (Å²) in [6.45, 7) is 8.05. The average Bonchev–Trinajstić information content (AvgIpc) is 2.68. The van der Waals surface area contributed by atoms with Gasteiger partial charge in [-0.3, -0.25) is 4.79 Å². The minimum Gasteiger partial charge on any atom is -0.484 e. The smallest absolute Gasteiger partial charge is 0.260 e. The van der Waals surface area contributed by atoms with Gasteiger partial charge in [-0.2, -0.15) is 0 Å². The number of ether oxygens (including phenoxy) is 2. The molecule has 0 radical (unpaired) electrons. The van der Waals surface area contributed by atoms with E-state index < -0.39 is 0 Å². The number of morpholine rings is 1. The molecule has 5 nitrogen and oxygen atoms in total. The Bertz CT molecular complexity index is 768. The standard InChI is InChI=1S/C22H28N2O3/c1-17-4-9-21(18(2)14-17)27-16-22(25)23(3)15-19-5-7-20(8-6-19)24-10-12-26-13-11-24/h4-9,14H,10-13,15-16H2,1-3H3. The molecule has 3 rings (SSSR count). The predicted molar refractivity (Wildman–Crippen MR) is 107 cm³/mol. The maximum absolute atomic E-state index is 12.4. The van der Waals surface area contributed by atoms with Crippen molar-refractivity contribution in [3.05, 3.63) is 59.2 Å². The third-order valence-electron chi connectivity index (χ3n) is 4.84. The first-order valence-corrected chi connectivity index (χ1v) is 9.38. The van der Waals surface area contributed by atoms with Crippen molar-refractivity contribution in [3.63, 3.8) is 0 Å². The molecule has 1 heterocycles. The van der Waals surface area contributed by atoms with E-state index in [1.807, 2.05) is 33.0 Å². The molecule has 1 fully saturated rings. The fourth-order valence-corrected chi connectivity index (χ4v) is 3.21. The quantitative estimate of drug-likeness (QED) is 0.785. The fraction of sp³-hybridized carbons (Fsp3) is 0.409. The van der Waals surface area contributed by atoms with Gasteiger partial charge >= 0.3 is 0 Å². The fourth-order valence-electron chi connectivity index (χ4n) is 3.21. The third-order valence-corrected chi connectivity index (χ3v) is 4.84. The van der Waals surface area contributed by atoms with Gasteiger partial charge in [0, 0.05) is 32.4 Å². The number of hydrogen-bond donors (Lipinski definition) is 0. The van der Waals surface area contributed by atoms with Crippen molar-refractivity contribution in [3.8, 4) is 5.75 Å². The largest absolute Gasteiger partial charge is 0.484 e. The van der Waals surface area contributed by atoms with E-state index in [1.54, 1.807) is 4.90 Å². The van der Waals surface area contributed by atoms with Crippen LogP contribution >= 0.6 is 0 Å². The normalized spacial score (nSPS) is 14.1. The predicted octanol–water partition coefficient (Wildman–Crippen LogP) is 3.18. The molecule has 1 saturated heterocycles.